The maximum Gasteiger partial charge on any atom is 0.273 e. The molecule has 0 aromatic rings. The Morgan fingerprint density at radius 2 is 2.20 bits per heavy atom. The highest BCUT2D eigenvalue weighted by atomic mass is 28.3. The Hall–Kier alpha value is -0.443. The summed E-state index contributed by atoms with van der Waals surface area (Å²) in [6, 6.07) is 0. The largest absolute Gasteiger partial charge is 0.469 e. The van der Waals surface area contributed by atoms with Gasteiger partial charge in [-0.05, 0) is 5.20 Å². The van der Waals surface area contributed by atoms with Crippen molar-refractivity contribution in [2.75, 3.05) is 13.7 Å². The molecule has 57 valence electrons. The molecule has 0 spiro atoms. The first-order chi connectivity index (χ1) is 4.75. The lowest BCUT2D eigenvalue weighted by Gasteiger charge is -2.04. The standard InChI is InChI=1S/C7H13O2Si/c1-8-7-6(10(2)3)4-5-9-7/h4-5H2,1-3H3. The average Bonchev–Trinajstić information content (AvgIpc) is 2.33. The van der Waals surface area contributed by atoms with E-state index in [0.717, 1.165) is 19.0 Å². The highest BCUT2D eigenvalue weighted by Crippen LogP contribution is 2.21. The Labute approximate surface area is 63.4 Å². The second kappa shape index (κ2) is 3.10. The molecule has 0 saturated carbocycles. The Kier molecular flexibility index (Phi) is 2.37. The van der Waals surface area contributed by atoms with Crippen LogP contribution in [-0.2, 0) is 9.47 Å². The summed E-state index contributed by atoms with van der Waals surface area (Å²) in [5, 5.41) is 1.41. The van der Waals surface area contributed by atoms with Gasteiger partial charge in [0.2, 0.25) is 0 Å². The summed E-state index contributed by atoms with van der Waals surface area (Å²) in [5.74, 6) is 0.791. The van der Waals surface area contributed by atoms with Gasteiger partial charge < -0.3 is 9.47 Å². The van der Waals surface area contributed by atoms with Crippen molar-refractivity contribution >= 4 is 8.80 Å². The summed E-state index contributed by atoms with van der Waals surface area (Å²) in [5.41, 5.74) is 0. The second-order valence-electron chi connectivity index (χ2n) is 2.57. The fourth-order valence-electron chi connectivity index (χ4n) is 1.07. The van der Waals surface area contributed by atoms with Crippen molar-refractivity contribution in [2.45, 2.75) is 19.5 Å². The van der Waals surface area contributed by atoms with Crippen LogP contribution < -0.4 is 0 Å². The minimum Gasteiger partial charge on any atom is -0.469 e. The van der Waals surface area contributed by atoms with Gasteiger partial charge in [-0.25, -0.2) is 0 Å². The first-order valence-electron chi connectivity index (χ1n) is 3.46. The van der Waals surface area contributed by atoms with Crippen LogP contribution in [0, 0.1) is 0 Å². The maximum absolute atomic E-state index is 5.26. The number of hydrogen-bond donors (Lipinski definition) is 0. The molecule has 1 rings (SSSR count). The molecule has 1 radical (unpaired) electrons. The van der Waals surface area contributed by atoms with Crippen LogP contribution >= 0.6 is 0 Å². The topological polar surface area (TPSA) is 18.5 Å². The van der Waals surface area contributed by atoms with E-state index in [2.05, 4.69) is 13.1 Å². The van der Waals surface area contributed by atoms with E-state index in [9.17, 15) is 0 Å². The molecule has 1 aliphatic heterocycles. The predicted molar refractivity (Wildman–Crippen MR) is 42.1 cm³/mol. The summed E-state index contributed by atoms with van der Waals surface area (Å²) < 4.78 is 10.3. The minimum absolute atomic E-state index is 0.343. The predicted octanol–water partition coefficient (Wildman–Crippen LogP) is 1.56. The van der Waals surface area contributed by atoms with Crippen molar-refractivity contribution in [1.29, 1.82) is 0 Å². The zero-order valence-corrected chi connectivity index (χ0v) is 7.73. The quantitative estimate of drug-likeness (QED) is 0.566. The van der Waals surface area contributed by atoms with Gasteiger partial charge in [0, 0.05) is 6.42 Å². The molecule has 3 heteroatoms. The molecule has 1 heterocycles. The first kappa shape index (κ1) is 7.66. The average molecular weight is 157 g/mol. The number of ether oxygens (including phenoxy) is 2. The van der Waals surface area contributed by atoms with E-state index in [4.69, 9.17) is 9.47 Å². The highest BCUT2D eigenvalue weighted by molar-refractivity contribution is 6.64. The highest BCUT2D eigenvalue weighted by Gasteiger charge is 2.19. The van der Waals surface area contributed by atoms with Crippen LogP contribution in [0.1, 0.15) is 6.42 Å². The van der Waals surface area contributed by atoms with Crippen molar-refractivity contribution in [3.05, 3.63) is 11.1 Å². The number of methoxy groups -OCH3 is 1. The Morgan fingerprint density at radius 3 is 2.60 bits per heavy atom. The third kappa shape index (κ3) is 1.34. The molecule has 0 amide bonds. The molecular formula is C7H13O2Si. The Bertz CT molecular complexity index is 152. The zero-order chi connectivity index (χ0) is 7.56. The smallest absolute Gasteiger partial charge is 0.273 e. The molecule has 0 bridgehead atoms. The third-order valence-corrected chi connectivity index (χ3v) is 3.28. The molecule has 0 saturated heterocycles. The molecule has 10 heavy (non-hydrogen) atoms. The summed E-state index contributed by atoms with van der Waals surface area (Å²) in [7, 11) is 1.33. The van der Waals surface area contributed by atoms with Gasteiger partial charge in [0.1, 0.15) is 0 Å². The van der Waals surface area contributed by atoms with Gasteiger partial charge in [-0.2, -0.15) is 0 Å². The first-order valence-corrected chi connectivity index (χ1v) is 5.96. The number of rotatable bonds is 2. The van der Waals surface area contributed by atoms with Gasteiger partial charge >= 0.3 is 0 Å². The van der Waals surface area contributed by atoms with Crippen LogP contribution in [0.3, 0.4) is 0 Å². The van der Waals surface area contributed by atoms with Gasteiger partial charge in [0.15, 0.2) is 0 Å². The zero-order valence-electron chi connectivity index (χ0n) is 6.73. The van der Waals surface area contributed by atoms with E-state index in [-0.39, 0.29) is 8.80 Å². The minimum atomic E-state index is -0.343. The van der Waals surface area contributed by atoms with Crippen LogP contribution in [0.5, 0.6) is 0 Å². The van der Waals surface area contributed by atoms with E-state index in [0.29, 0.717) is 0 Å². The summed E-state index contributed by atoms with van der Waals surface area (Å²) in [4.78, 5) is 0. The molecule has 0 unspecified atom stereocenters. The molecule has 1 aliphatic rings. The van der Waals surface area contributed by atoms with Gasteiger partial charge in [-0.1, -0.05) is 13.1 Å². The van der Waals surface area contributed by atoms with Crippen LogP contribution in [0.25, 0.3) is 0 Å². The van der Waals surface area contributed by atoms with Gasteiger partial charge in [0.25, 0.3) is 5.95 Å². The molecule has 2 nitrogen and oxygen atoms in total. The van der Waals surface area contributed by atoms with Crippen molar-refractivity contribution in [3.8, 4) is 0 Å². The van der Waals surface area contributed by atoms with E-state index in [1.165, 1.54) is 5.20 Å². The lowest BCUT2D eigenvalue weighted by molar-refractivity contribution is 0.0829. The van der Waals surface area contributed by atoms with Crippen LogP contribution in [0.15, 0.2) is 11.1 Å². The summed E-state index contributed by atoms with van der Waals surface area (Å²) in [6.07, 6.45) is 1.07. The third-order valence-electron chi connectivity index (χ3n) is 1.62. The SMILES string of the molecule is COC1=C([Si](C)C)CCO1. The van der Waals surface area contributed by atoms with E-state index >= 15 is 0 Å². The van der Waals surface area contributed by atoms with Crippen LogP contribution in [0.4, 0.5) is 0 Å². The maximum atomic E-state index is 5.26. The van der Waals surface area contributed by atoms with E-state index < -0.39 is 0 Å². The Balaban J connectivity index is 2.68. The van der Waals surface area contributed by atoms with E-state index in [1.54, 1.807) is 7.11 Å². The lowest BCUT2D eigenvalue weighted by atomic mass is 10.5. The molecule has 0 aromatic carbocycles. The molecule has 0 N–H and O–H groups in total. The summed E-state index contributed by atoms with van der Waals surface area (Å²) in [6.45, 7) is 5.33. The monoisotopic (exact) mass is 157 g/mol. The van der Waals surface area contributed by atoms with E-state index in [1.807, 2.05) is 0 Å². The molecule has 0 aromatic heterocycles. The van der Waals surface area contributed by atoms with Crippen molar-refractivity contribution < 1.29 is 9.47 Å². The fourth-order valence-corrected chi connectivity index (χ4v) is 2.26. The molecule has 0 fully saturated rings. The molecular weight excluding hydrogens is 144 g/mol. The normalized spacial score (nSPS) is 18.0. The van der Waals surface area contributed by atoms with Crippen molar-refractivity contribution in [1.82, 2.24) is 0 Å². The molecule has 0 aliphatic carbocycles. The summed E-state index contributed by atoms with van der Waals surface area (Å²) >= 11 is 0. The fraction of sp³-hybridized carbons (Fsp3) is 0.714. The van der Waals surface area contributed by atoms with Crippen LogP contribution in [-0.4, -0.2) is 22.5 Å². The van der Waals surface area contributed by atoms with Gasteiger partial charge in [-0.3, -0.25) is 0 Å². The van der Waals surface area contributed by atoms with Crippen LogP contribution in [0.2, 0.25) is 13.1 Å². The Morgan fingerprint density at radius 1 is 1.50 bits per heavy atom. The lowest BCUT2D eigenvalue weighted by Crippen LogP contribution is -2.06. The van der Waals surface area contributed by atoms with Gasteiger partial charge in [-0.15, -0.1) is 0 Å². The number of hydrogen-bond acceptors (Lipinski definition) is 2. The molecule has 0 atom stereocenters. The van der Waals surface area contributed by atoms with Gasteiger partial charge in [0.05, 0.1) is 22.5 Å². The second-order valence-corrected chi connectivity index (χ2v) is 5.17. The van der Waals surface area contributed by atoms with Crippen molar-refractivity contribution in [2.24, 2.45) is 0 Å². The van der Waals surface area contributed by atoms with Crippen molar-refractivity contribution in [3.63, 3.8) is 0 Å².